The summed E-state index contributed by atoms with van der Waals surface area (Å²) in [6, 6.07) is 14.9. The lowest BCUT2D eigenvalue weighted by Crippen LogP contribution is -2.08. The quantitative estimate of drug-likeness (QED) is 0.541. The fraction of sp³-hybridized carbons (Fsp3) is 0.250. The molecule has 1 atom stereocenters. The van der Waals surface area contributed by atoms with Gasteiger partial charge in [0.1, 0.15) is 5.82 Å². The Kier molecular flexibility index (Phi) is 5.34. The second-order valence-corrected chi connectivity index (χ2v) is 5.28. The van der Waals surface area contributed by atoms with Crippen molar-refractivity contribution in [1.82, 2.24) is 0 Å². The monoisotopic (exact) mass is 370 g/mol. The van der Waals surface area contributed by atoms with Crippen LogP contribution in [0.3, 0.4) is 0 Å². The molecule has 0 aliphatic heterocycles. The zero-order valence-corrected chi connectivity index (χ0v) is 12.9. The Bertz CT molecular complexity index is 542. The van der Waals surface area contributed by atoms with Gasteiger partial charge in [0.15, 0.2) is 0 Å². The van der Waals surface area contributed by atoms with Crippen molar-refractivity contribution in [2.45, 2.75) is 19.6 Å². The SMILES string of the molecule is Cc1ccccc1C(CI)OCc1ccccc1F. The van der Waals surface area contributed by atoms with Crippen LogP contribution >= 0.6 is 22.6 Å². The van der Waals surface area contributed by atoms with Crippen LogP contribution in [0.25, 0.3) is 0 Å². The summed E-state index contributed by atoms with van der Waals surface area (Å²) in [5.41, 5.74) is 2.98. The average molecular weight is 370 g/mol. The average Bonchev–Trinajstić information content (AvgIpc) is 2.43. The minimum atomic E-state index is -0.209. The number of halogens is 2. The molecule has 0 aliphatic rings. The first-order valence-electron chi connectivity index (χ1n) is 6.19. The zero-order valence-electron chi connectivity index (χ0n) is 10.8. The molecule has 0 spiro atoms. The molecule has 2 aromatic rings. The summed E-state index contributed by atoms with van der Waals surface area (Å²) in [7, 11) is 0. The van der Waals surface area contributed by atoms with E-state index in [-0.39, 0.29) is 11.9 Å². The highest BCUT2D eigenvalue weighted by Crippen LogP contribution is 2.24. The third kappa shape index (κ3) is 3.76. The van der Waals surface area contributed by atoms with Gasteiger partial charge in [0.05, 0.1) is 12.7 Å². The van der Waals surface area contributed by atoms with E-state index in [1.165, 1.54) is 17.2 Å². The molecule has 0 N–H and O–H groups in total. The van der Waals surface area contributed by atoms with Gasteiger partial charge >= 0.3 is 0 Å². The highest BCUT2D eigenvalue weighted by molar-refractivity contribution is 14.1. The van der Waals surface area contributed by atoms with E-state index in [0.29, 0.717) is 12.2 Å². The van der Waals surface area contributed by atoms with E-state index in [0.717, 1.165) is 4.43 Å². The normalized spacial score (nSPS) is 12.4. The lowest BCUT2D eigenvalue weighted by Gasteiger charge is -2.18. The lowest BCUT2D eigenvalue weighted by atomic mass is 10.0. The molecule has 0 aromatic heterocycles. The van der Waals surface area contributed by atoms with E-state index >= 15 is 0 Å². The third-order valence-corrected chi connectivity index (χ3v) is 3.87. The standard InChI is InChI=1S/C16H16FIO/c1-12-6-2-4-8-14(12)16(10-18)19-11-13-7-3-5-9-15(13)17/h2-9,16H,10-11H2,1H3. The Balaban J connectivity index is 2.09. The zero-order chi connectivity index (χ0) is 13.7. The molecule has 0 aliphatic carbocycles. The highest BCUT2D eigenvalue weighted by Gasteiger charge is 2.13. The topological polar surface area (TPSA) is 9.23 Å². The van der Waals surface area contributed by atoms with Gasteiger partial charge in [0.2, 0.25) is 0 Å². The summed E-state index contributed by atoms with van der Waals surface area (Å²) < 4.78 is 20.3. The molecule has 2 rings (SSSR count). The number of benzene rings is 2. The van der Waals surface area contributed by atoms with Crippen LogP contribution in [0.5, 0.6) is 0 Å². The Labute approximate surface area is 126 Å². The van der Waals surface area contributed by atoms with Crippen LogP contribution in [0.15, 0.2) is 48.5 Å². The van der Waals surface area contributed by atoms with Crippen LogP contribution in [0.1, 0.15) is 22.8 Å². The van der Waals surface area contributed by atoms with E-state index in [1.54, 1.807) is 12.1 Å². The van der Waals surface area contributed by atoms with E-state index in [2.05, 4.69) is 41.6 Å². The molecule has 0 bridgehead atoms. The number of hydrogen-bond acceptors (Lipinski definition) is 1. The highest BCUT2D eigenvalue weighted by atomic mass is 127. The van der Waals surface area contributed by atoms with Crippen molar-refractivity contribution in [2.75, 3.05) is 4.43 Å². The Morgan fingerprint density at radius 3 is 2.47 bits per heavy atom. The fourth-order valence-corrected chi connectivity index (χ4v) is 2.70. The van der Waals surface area contributed by atoms with E-state index in [1.807, 2.05) is 18.2 Å². The molecule has 0 heterocycles. The van der Waals surface area contributed by atoms with Gasteiger partial charge < -0.3 is 4.74 Å². The summed E-state index contributed by atoms with van der Waals surface area (Å²) in [4.78, 5) is 0. The van der Waals surface area contributed by atoms with Gasteiger partial charge in [-0.3, -0.25) is 0 Å². The van der Waals surface area contributed by atoms with Gasteiger partial charge in [0, 0.05) is 9.99 Å². The molecule has 1 nitrogen and oxygen atoms in total. The first-order valence-corrected chi connectivity index (χ1v) is 7.71. The van der Waals surface area contributed by atoms with Gasteiger partial charge in [-0.05, 0) is 24.1 Å². The second-order valence-electron chi connectivity index (χ2n) is 4.40. The van der Waals surface area contributed by atoms with Crippen LogP contribution in [0, 0.1) is 12.7 Å². The van der Waals surface area contributed by atoms with Crippen molar-refractivity contribution >= 4 is 22.6 Å². The van der Waals surface area contributed by atoms with Crippen LogP contribution < -0.4 is 0 Å². The summed E-state index contributed by atoms with van der Waals surface area (Å²) in [6.45, 7) is 2.37. The van der Waals surface area contributed by atoms with Crippen molar-refractivity contribution in [1.29, 1.82) is 0 Å². The Hall–Kier alpha value is -0.940. The van der Waals surface area contributed by atoms with Crippen molar-refractivity contribution < 1.29 is 9.13 Å². The lowest BCUT2D eigenvalue weighted by molar-refractivity contribution is 0.0556. The van der Waals surface area contributed by atoms with Crippen molar-refractivity contribution in [3.63, 3.8) is 0 Å². The van der Waals surface area contributed by atoms with Crippen molar-refractivity contribution in [3.05, 3.63) is 71.0 Å². The maximum Gasteiger partial charge on any atom is 0.128 e. The summed E-state index contributed by atoms with van der Waals surface area (Å²) in [6.07, 6.45) is 0.00130. The van der Waals surface area contributed by atoms with Gasteiger partial charge in [-0.15, -0.1) is 0 Å². The number of alkyl halides is 1. The smallest absolute Gasteiger partial charge is 0.128 e. The van der Waals surface area contributed by atoms with Gasteiger partial charge in [0.25, 0.3) is 0 Å². The van der Waals surface area contributed by atoms with E-state index in [4.69, 9.17) is 4.74 Å². The molecule has 0 radical (unpaired) electrons. The van der Waals surface area contributed by atoms with Crippen molar-refractivity contribution in [2.24, 2.45) is 0 Å². The molecule has 1 unspecified atom stereocenters. The second kappa shape index (κ2) is 7.01. The van der Waals surface area contributed by atoms with E-state index in [9.17, 15) is 4.39 Å². The number of rotatable bonds is 5. The molecule has 19 heavy (non-hydrogen) atoms. The van der Waals surface area contributed by atoms with Gasteiger partial charge in [-0.1, -0.05) is 65.1 Å². The predicted octanol–water partition coefficient (Wildman–Crippen LogP) is 4.83. The molecule has 2 aromatic carbocycles. The van der Waals surface area contributed by atoms with Crippen LogP contribution in [-0.2, 0) is 11.3 Å². The molecule has 3 heteroatoms. The van der Waals surface area contributed by atoms with Crippen LogP contribution in [-0.4, -0.2) is 4.43 Å². The van der Waals surface area contributed by atoms with Crippen LogP contribution in [0.4, 0.5) is 4.39 Å². The summed E-state index contributed by atoms with van der Waals surface area (Å²) >= 11 is 2.30. The largest absolute Gasteiger partial charge is 0.368 e. The minimum Gasteiger partial charge on any atom is -0.368 e. The molecule has 0 saturated heterocycles. The molecular formula is C16H16FIO. The molecular weight excluding hydrogens is 354 g/mol. The van der Waals surface area contributed by atoms with Gasteiger partial charge in [-0.25, -0.2) is 4.39 Å². The summed E-state index contributed by atoms with van der Waals surface area (Å²) in [5.74, 6) is -0.209. The molecule has 0 saturated carbocycles. The van der Waals surface area contributed by atoms with Crippen LogP contribution in [0.2, 0.25) is 0 Å². The summed E-state index contributed by atoms with van der Waals surface area (Å²) in [5, 5.41) is 0. The number of ether oxygens (including phenoxy) is 1. The molecule has 100 valence electrons. The maximum atomic E-state index is 13.5. The minimum absolute atomic E-state index is 0.00130. The predicted molar refractivity (Wildman–Crippen MR) is 84.0 cm³/mol. The first-order chi connectivity index (χ1) is 9.22. The first kappa shape index (κ1) is 14.5. The Morgan fingerprint density at radius 2 is 1.79 bits per heavy atom. The fourth-order valence-electron chi connectivity index (χ4n) is 1.97. The maximum absolute atomic E-state index is 13.5. The number of aryl methyl sites for hydroxylation is 1. The third-order valence-electron chi connectivity index (χ3n) is 3.07. The Morgan fingerprint density at radius 1 is 1.11 bits per heavy atom. The molecule has 0 fully saturated rings. The van der Waals surface area contributed by atoms with E-state index < -0.39 is 0 Å². The number of hydrogen-bond donors (Lipinski definition) is 0. The molecule has 0 amide bonds. The van der Waals surface area contributed by atoms with Crippen molar-refractivity contribution in [3.8, 4) is 0 Å². The van der Waals surface area contributed by atoms with Gasteiger partial charge in [-0.2, -0.15) is 0 Å².